The van der Waals surface area contributed by atoms with Gasteiger partial charge >= 0.3 is 0 Å². The van der Waals surface area contributed by atoms with Crippen molar-refractivity contribution in [3.8, 4) is 0 Å². The van der Waals surface area contributed by atoms with Gasteiger partial charge in [-0.3, -0.25) is 9.59 Å². The largest absolute Gasteiger partial charge is 0.385 e. The Morgan fingerprint density at radius 2 is 1.96 bits per heavy atom. The number of carbonyl (C=O) groups excluding carboxylic acids is 2. The van der Waals surface area contributed by atoms with Crippen molar-refractivity contribution >= 4 is 29.4 Å². The monoisotopic (exact) mass is 343 g/mol. The van der Waals surface area contributed by atoms with Crippen molar-refractivity contribution in [1.82, 2.24) is 0 Å². The molecule has 0 saturated carbocycles. The van der Waals surface area contributed by atoms with Crippen LogP contribution in [-0.4, -0.2) is 24.6 Å². The second-order valence-corrected chi connectivity index (χ2v) is 5.37. The molecule has 0 unspecified atom stereocenters. The average Bonchev–Trinajstić information content (AvgIpc) is 2.54. The molecule has 2 rings (SSSR count). The molecule has 0 atom stereocenters. The van der Waals surface area contributed by atoms with Crippen molar-refractivity contribution in [2.75, 3.05) is 17.2 Å². The van der Waals surface area contributed by atoms with Crippen molar-refractivity contribution in [1.29, 1.82) is 0 Å². The molecule has 0 saturated heterocycles. The van der Waals surface area contributed by atoms with Gasteiger partial charge in [0.25, 0.3) is 11.8 Å². The molecule has 130 valence electrons. The summed E-state index contributed by atoms with van der Waals surface area (Å²) >= 11 is 0. The van der Waals surface area contributed by atoms with E-state index in [1.54, 1.807) is 12.1 Å². The SMILES string of the molecule is Cc1ccc(NC(=O)/C=N\OCC(=O)Nc2cccc(F)c2)c(C)c1. The number of anilines is 2. The highest BCUT2D eigenvalue weighted by atomic mass is 19.1. The summed E-state index contributed by atoms with van der Waals surface area (Å²) in [5.41, 5.74) is 3.00. The number of oxime groups is 1. The van der Waals surface area contributed by atoms with Crippen LogP contribution in [0.1, 0.15) is 11.1 Å². The van der Waals surface area contributed by atoms with E-state index >= 15 is 0 Å². The third-order valence-electron chi connectivity index (χ3n) is 3.19. The predicted octanol–water partition coefficient (Wildman–Crippen LogP) is 3.02. The van der Waals surface area contributed by atoms with Crippen LogP contribution in [-0.2, 0) is 14.4 Å². The first-order valence-corrected chi connectivity index (χ1v) is 7.53. The van der Waals surface area contributed by atoms with E-state index in [0.717, 1.165) is 17.3 Å². The van der Waals surface area contributed by atoms with Crippen LogP contribution >= 0.6 is 0 Å². The Labute approximate surface area is 144 Å². The maximum absolute atomic E-state index is 13.0. The summed E-state index contributed by atoms with van der Waals surface area (Å²) in [6, 6.07) is 11.1. The molecule has 2 aromatic carbocycles. The number of nitrogens with zero attached hydrogens (tertiary/aromatic N) is 1. The highest BCUT2D eigenvalue weighted by Gasteiger charge is 2.05. The maximum atomic E-state index is 13.0. The number of hydrogen-bond acceptors (Lipinski definition) is 4. The van der Waals surface area contributed by atoms with Crippen LogP contribution in [0.15, 0.2) is 47.6 Å². The fourth-order valence-corrected chi connectivity index (χ4v) is 2.06. The van der Waals surface area contributed by atoms with Gasteiger partial charge in [-0.1, -0.05) is 28.9 Å². The number of nitrogens with one attached hydrogen (secondary N) is 2. The summed E-state index contributed by atoms with van der Waals surface area (Å²) in [6.45, 7) is 3.44. The number of halogens is 1. The Morgan fingerprint density at radius 3 is 2.68 bits per heavy atom. The molecular weight excluding hydrogens is 325 g/mol. The Balaban J connectivity index is 1.76. The quantitative estimate of drug-likeness (QED) is 0.625. The van der Waals surface area contributed by atoms with Crippen LogP contribution in [0.2, 0.25) is 0 Å². The number of hydrogen-bond donors (Lipinski definition) is 2. The standard InChI is InChI=1S/C18H18FN3O3/c1-12-6-7-16(13(2)8-12)22-17(23)10-20-25-11-18(24)21-15-5-3-4-14(19)9-15/h3-10H,11H2,1-2H3,(H,21,24)(H,22,23)/b20-10-. The first-order valence-electron chi connectivity index (χ1n) is 7.53. The molecule has 0 aliphatic carbocycles. The third kappa shape index (κ3) is 6.06. The van der Waals surface area contributed by atoms with E-state index in [1.807, 2.05) is 26.0 Å². The first-order chi connectivity index (χ1) is 11.9. The lowest BCUT2D eigenvalue weighted by atomic mass is 10.1. The summed E-state index contributed by atoms with van der Waals surface area (Å²) in [7, 11) is 0. The predicted molar refractivity (Wildman–Crippen MR) is 94.0 cm³/mol. The van der Waals surface area contributed by atoms with Gasteiger partial charge in [0, 0.05) is 11.4 Å². The van der Waals surface area contributed by atoms with E-state index < -0.39 is 24.2 Å². The zero-order valence-corrected chi connectivity index (χ0v) is 13.9. The summed E-state index contributed by atoms with van der Waals surface area (Å²) in [4.78, 5) is 28.1. The molecule has 0 bridgehead atoms. The maximum Gasteiger partial charge on any atom is 0.270 e. The molecule has 25 heavy (non-hydrogen) atoms. The lowest BCUT2D eigenvalue weighted by Gasteiger charge is -2.06. The summed E-state index contributed by atoms with van der Waals surface area (Å²) in [5, 5.41) is 8.55. The molecular formula is C18H18FN3O3. The van der Waals surface area contributed by atoms with Gasteiger partial charge in [-0.05, 0) is 43.7 Å². The van der Waals surface area contributed by atoms with Crippen molar-refractivity contribution in [2.24, 2.45) is 5.16 Å². The molecule has 2 aromatic rings. The molecule has 0 aliphatic rings. The van der Waals surface area contributed by atoms with Crippen LogP contribution in [0, 0.1) is 19.7 Å². The lowest BCUT2D eigenvalue weighted by Crippen LogP contribution is -2.18. The Morgan fingerprint density at radius 1 is 1.16 bits per heavy atom. The highest BCUT2D eigenvalue weighted by Crippen LogP contribution is 2.15. The number of carbonyl (C=O) groups is 2. The van der Waals surface area contributed by atoms with Crippen molar-refractivity contribution in [2.45, 2.75) is 13.8 Å². The zero-order valence-electron chi connectivity index (χ0n) is 13.9. The third-order valence-corrected chi connectivity index (χ3v) is 3.19. The fourth-order valence-electron chi connectivity index (χ4n) is 2.06. The van der Waals surface area contributed by atoms with Crippen LogP contribution in [0.25, 0.3) is 0 Å². The minimum Gasteiger partial charge on any atom is -0.385 e. The zero-order chi connectivity index (χ0) is 18.2. The van der Waals surface area contributed by atoms with Crippen molar-refractivity contribution in [3.05, 3.63) is 59.4 Å². The van der Waals surface area contributed by atoms with E-state index in [-0.39, 0.29) is 0 Å². The second kappa shape index (κ2) is 8.58. The van der Waals surface area contributed by atoms with E-state index in [9.17, 15) is 14.0 Å². The van der Waals surface area contributed by atoms with E-state index in [0.29, 0.717) is 11.4 Å². The van der Waals surface area contributed by atoms with Crippen molar-refractivity contribution < 1.29 is 18.8 Å². The van der Waals surface area contributed by atoms with Crippen LogP contribution in [0.3, 0.4) is 0 Å². The van der Waals surface area contributed by atoms with Gasteiger partial charge in [0.15, 0.2) is 6.61 Å². The molecule has 2 amide bonds. The molecule has 7 heteroatoms. The van der Waals surface area contributed by atoms with E-state index in [2.05, 4.69) is 15.8 Å². The summed E-state index contributed by atoms with van der Waals surface area (Å²) < 4.78 is 13.0. The van der Waals surface area contributed by atoms with Gasteiger partial charge in [-0.25, -0.2) is 4.39 Å². The van der Waals surface area contributed by atoms with Gasteiger partial charge in [0.2, 0.25) is 0 Å². The summed E-state index contributed by atoms with van der Waals surface area (Å²) in [5.74, 6) is -1.45. The minimum absolute atomic E-state index is 0.310. The van der Waals surface area contributed by atoms with Gasteiger partial charge in [-0.2, -0.15) is 0 Å². The molecule has 0 aliphatic heterocycles. The molecule has 0 radical (unpaired) electrons. The number of amides is 2. The van der Waals surface area contributed by atoms with Gasteiger partial charge in [0.1, 0.15) is 12.0 Å². The van der Waals surface area contributed by atoms with Gasteiger partial charge < -0.3 is 15.5 Å². The molecule has 0 heterocycles. The van der Waals surface area contributed by atoms with Crippen molar-refractivity contribution in [3.63, 3.8) is 0 Å². The van der Waals surface area contributed by atoms with Gasteiger partial charge in [0.05, 0.1) is 0 Å². The second-order valence-electron chi connectivity index (χ2n) is 5.37. The normalized spacial score (nSPS) is 10.5. The number of benzene rings is 2. The molecule has 6 nitrogen and oxygen atoms in total. The number of aryl methyl sites for hydroxylation is 2. The first kappa shape index (κ1) is 18.1. The fraction of sp³-hybridized carbons (Fsp3) is 0.167. The average molecular weight is 343 g/mol. The Hall–Kier alpha value is -3.22. The number of rotatable bonds is 6. The smallest absolute Gasteiger partial charge is 0.270 e. The van der Waals surface area contributed by atoms with Crippen LogP contribution in [0.5, 0.6) is 0 Å². The molecule has 0 aromatic heterocycles. The van der Waals surface area contributed by atoms with E-state index in [1.165, 1.54) is 18.2 Å². The Kier molecular flexibility index (Phi) is 6.22. The summed E-state index contributed by atoms with van der Waals surface area (Å²) in [6.07, 6.45) is 0.939. The highest BCUT2D eigenvalue weighted by molar-refractivity contribution is 6.31. The Bertz CT molecular complexity index is 806. The van der Waals surface area contributed by atoms with Crippen LogP contribution in [0.4, 0.5) is 15.8 Å². The molecule has 0 spiro atoms. The topological polar surface area (TPSA) is 79.8 Å². The van der Waals surface area contributed by atoms with Crippen LogP contribution < -0.4 is 10.6 Å². The lowest BCUT2D eigenvalue weighted by molar-refractivity contribution is -0.120. The van der Waals surface area contributed by atoms with Gasteiger partial charge in [-0.15, -0.1) is 0 Å². The van der Waals surface area contributed by atoms with E-state index in [4.69, 9.17) is 4.84 Å². The molecule has 2 N–H and O–H groups in total. The minimum atomic E-state index is -0.516. The molecule has 0 fully saturated rings.